The Hall–Kier alpha value is -3.72. The monoisotopic (exact) mass is 673 g/mol. The van der Waals surface area contributed by atoms with E-state index in [9.17, 15) is 10.1 Å². The van der Waals surface area contributed by atoms with E-state index in [0.29, 0.717) is 63.4 Å². The third-order valence-electron chi connectivity index (χ3n) is 9.90. The molecule has 11 heteroatoms. The van der Waals surface area contributed by atoms with Gasteiger partial charge in [-0.2, -0.15) is 10.2 Å². The number of nitrogens with two attached hydrogens (primary N) is 1. The first-order chi connectivity index (χ1) is 22.9. The average molecular weight is 674 g/mol. The van der Waals surface area contributed by atoms with Crippen LogP contribution in [0.2, 0.25) is 0 Å². The first-order valence-corrected chi connectivity index (χ1v) is 16.9. The average Bonchev–Trinajstić information content (AvgIpc) is 3.53. The highest BCUT2D eigenvalue weighted by molar-refractivity contribution is 5.85. The van der Waals surface area contributed by atoms with Crippen LogP contribution in [-0.4, -0.2) is 96.7 Å². The number of ether oxygens (including phenoxy) is 2. The van der Waals surface area contributed by atoms with Crippen LogP contribution in [0, 0.1) is 11.3 Å². The molecule has 0 unspecified atom stereocenters. The summed E-state index contributed by atoms with van der Waals surface area (Å²) in [5.74, 6) is 1.21. The van der Waals surface area contributed by atoms with Gasteiger partial charge in [0, 0.05) is 57.4 Å². The van der Waals surface area contributed by atoms with Gasteiger partial charge < -0.3 is 29.9 Å². The third kappa shape index (κ3) is 8.28. The number of nitrogens with zero attached hydrogens (tertiary/aromatic N) is 6. The van der Waals surface area contributed by atoms with E-state index in [1.54, 1.807) is 0 Å². The Kier molecular flexibility index (Phi) is 12.3. The van der Waals surface area contributed by atoms with Crippen molar-refractivity contribution in [3.8, 4) is 11.9 Å². The molecule has 1 amide bonds. The largest absolute Gasteiger partial charge is 0.475 e. The predicted molar refractivity (Wildman–Crippen MR) is 189 cm³/mol. The van der Waals surface area contributed by atoms with E-state index in [2.05, 4.69) is 52.1 Å². The van der Waals surface area contributed by atoms with Gasteiger partial charge in [0.05, 0.1) is 12.7 Å². The number of likely N-dealkylation sites (tertiary alicyclic amines) is 1. The van der Waals surface area contributed by atoms with Gasteiger partial charge in [-0.05, 0) is 56.5 Å². The van der Waals surface area contributed by atoms with Gasteiger partial charge >= 0.3 is 0 Å². The van der Waals surface area contributed by atoms with Crippen molar-refractivity contribution >= 4 is 24.1 Å². The maximum atomic E-state index is 13.4. The highest BCUT2D eigenvalue weighted by Crippen LogP contribution is 2.36. The molecule has 2 aromatic carbocycles. The molecule has 0 spiro atoms. The van der Waals surface area contributed by atoms with Crippen molar-refractivity contribution in [1.29, 1.82) is 5.26 Å². The lowest BCUT2D eigenvalue weighted by atomic mass is 9.95. The third-order valence-corrected chi connectivity index (χ3v) is 9.90. The second-order valence-electron chi connectivity index (χ2n) is 13.1. The minimum atomic E-state index is -0.740. The number of fused-ring (bicyclic) bond motifs is 1. The van der Waals surface area contributed by atoms with Crippen molar-refractivity contribution in [2.45, 2.75) is 64.1 Å². The van der Waals surface area contributed by atoms with Crippen LogP contribution in [0.3, 0.4) is 0 Å². The molecule has 10 nitrogen and oxygen atoms in total. The normalized spacial score (nSPS) is 19.6. The maximum absolute atomic E-state index is 13.4. The van der Waals surface area contributed by atoms with Crippen LogP contribution in [0.1, 0.15) is 47.6 Å². The van der Waals surface area contributed by atoms with Crippen molar-refractivity contribution in [3.05, 3.63) is 88.5 Å². The van der Waals surface area contributed by atoms with Crippen LogP contribution in [0.25, 0.3) is 0 Å². The predicted octanol–water partition coefficient (Wildman–Crippen LogP) is 3.99. The van der Waals surface area contributed by atoms with Crippen molar-refractivity contribution in [1.82, 2.24) is 19.7 Å². The fourth-order valence-electron chi connectivity index (χ4n) is 6.92. The van der Waals surface area contributed by atoms with E-state index in [-0.39, 0.29) is 18.3 Å². The minimum Gasteiger partial charge on any atom is -0.475 e. The highest BCUT2D eigenvalue weighted by atomic mass is 35.5. The molecule has 3 aliphatic heterocycles. The molecule has 1 aromatic heterocycles. The number of hydrogen-bond acceptors (Lipinski definition) is 9. The van der Waals surface area contributed by atoms with Gasteiger partial charge in [0.2, 0.25) is 11.8 Å². The Labute approximate surface area is 290 Å². The zero-order valence-corrected chi connectivity index (χ0v) is 28.9. The van der Waals surface area contributed by atoms with Crippen LogP contribution in [0.4, 0.5) is 5.82 Å². The summed E-state index contributed by atoms with van der Waals surface area (Å²) in [7, 11) is 2.13. The van der Waals surface area contributed by atoms with Crippen molar-refractivity contribution in [2.75, 3.05) is 57.8 Å². The molecule has 0 radical (unpaired) electrons. The standard InChI is InChI=1S/C37H47N7O3.ClH/c1-27(46-25-29-12-7-4-8-13-29)34(39)37(45)44-20-18-43(19-21-44)35-31-15-17-42(23-28-10-5-3-6-11-28)24-33(31)32(22-38)36(40-35)47-26-30-14-9-16-41(30)2;/h3-8,10-13,27,30,34H,9,14-21,23-26,39H2,1-2H3;1H/t27-,30+,34+;/m1./s1. The molecule has 4 heterocycles. The van der Waals surface area contributed by atoms with Gasteiger partial charge in [-0.3, -0.25) is 9.69 Å². The molecule has 2 N–H and O–H groups in total. The molecular weight excluding hydrogens is 626 g/mol. The van der Waals surface area contributed by atoms with Gasteiger partial charge in [0.1, 0.15) is 30.1 Å². The number of halogens is 1. The number of carbonyl (C=O) groups is 1. The summed E-state index contributed by atoms with van der Waals surface area (Å²) >= 11 is 0. The summed E-state index contributed by atoms with van der Waals surface area (Å²) in [5.41, 5.74) is 11.4. The number of anilines is 1. The van der Waals surface area contributed by atoms with Gasteiger partial charge in [-0.15, -0.1) is 12.4 Å². The quantitative estimate of drug-likeness (QED) is 0.323. The zero-order valence-electron chi connectivity index (χ0n) is 28.1. The Bertz CT molecular complexity index is 1550. The minimum absolute atomic E-state index is 0. The van der Waals surface area contributed by atoms with E-state index in [1.807, 2.05) is 48.2 Å². The second-order valence-corrected chi connectivity index (χ2v) is 13.1. The topological polar surface area (TPSA) is 111 Å². The number of aromatic nitrogens is 1. The smallest absolute Gasteiger partial charge is 0.242 e. The van der Waals surface area contributed by atoms with E-state index in [1.165, 1.54) is 5.56 Å². The molecule has 256 valence electrons. The van der Waals surface area contributed by atoms with Crippen molar-refractivity contribution in [3.63, 3.8) is 0 Å². The van der Waals surface area contributed by atoms with Crippen LogP contribution >= 0.6 is 12.4 Å². The van der Waals surface area contributed by atoms with Crippen LogP contribution in [0.15, 0.2) is 60.7 Å². The van der Waals surface area contributed by atoms with Gasteiger partial charge in [0.25, 0.3) is 0 Å². The summed E-state index contributed by atoms with van der Waals surface area (Å²) in [6, 6.07) is 22.4. The molecule has 3 atom stereocenters. The van der Waals surface area contributed by atoms with E-state index in [0.717, 1.165) is 61.4 Å². The SMILES string of the molecule is C[C@@H](OCc1ccccc1)[C@H](N)C(=O)N1CCN(c2nc(OC[C@@H]3CCCN3C)c(C#N)c3c2CCN(Cc2ccccc2)C3)CC1.Cl. The highest BCUT2D eigenvalue weighted by Gasteiger charge is 2.33. The maximum Gasteiger partial charge on any atom is 0.242 e. The lowest BCUT2D eigenvalue weighted by Crippen LogP contribution is -2.56. The molecule has 3 aromatic rings. The van der Waals surface area contributed by atoms with E-state index in [4.69, 9.17) is 20.2 Å². The molecule has 48 heavy (non-hydrogen) atoms. The first-order valence-electron chi connectivity index (χ1n) is 16.9. The number of pyridine rings is 1. The molecule has 3 aliphatic rings. The molecule has 6 rings (SSSR count). The Balaban J connectivity index is 0.00000451. The summed E-state index contributed by atoms with van der Waals surface area (Å²) in [6.45, 7) is 8.53. The van der Waals surface area contributed by atoms with Crippen molar-refractivity contribution < 1.29 is 14.3 Å². The number of carbonyl (C=O) groups excluding carboxylic acids is 1. The molecule has 0 bridgehead atoms. The Morgan fingerprint density at radius 1 is 1.00 bits per heavy atom. The zero-order chi connectivity index (χ0) is 32.8. The van der Waals surface area contributed by atoms with Gasteiger partial charge in [-0.25, -0.2) is 0 Å². The molecule has 0 aliphatic carbocycles. The summed E-state index contributed by atoms with van der Waals surface area (Å²) in [6.07, 6.45) is 2.61. The van der Waals surface area contributed by atoms with Crippen LogP contribution < -0.4 is 15.4 Å². The van der Waals surface area contributed by atoms with Gasteiger partial charge in [0.15, 0.2) is 0 Å². The summed E-state index contributed by atoms with van der Waals surface area (Å²) in [5, 5.41) is 10.4. The number of piperazine rings is 1. The number of likely N-dealkylation sites (N-methyl/N-ethyl adjacent to an activating group) is 1. The Morgan fingerprint density at radius 3 is 2.33 bits per heavy atom. The second kappa shape index (κ2) is 16.6. The summed E-state index contributed by atoms with van der Waals surface area (Å²) in [4.78, 5) is 27.3. The van der Waals surface area contributed by atoms with E-state index >= 15 is 0 Å². The fourth-order valence-corrected chi connectivity index (χ4v) is 6.92. The number of amides is 1. The number of benzene rings is 2. The Morgan fingerprint density at radius 2 is 1.69 bits per heavy atom. The molecular formula is C37H48ClN7O3. The molecule has 0 saturated carbocycles. The van der Waals surface area contributed by atoms with Crippen LogP contribution in [0.5, 0.6) is 5.88 Å². The lowest BCUT2D eigenvalue weighted by molar-refractivity contribution is -0.136. The van der Waals surface area contributed by atoms with E-state index < -0.39 is 12.1 Å². The molecule has 2 fully saturated rings. The fraction of sp³-hybridized carbons (Fsp3) is 0.486. The van der Waals surface area contributed by atoms with Gasteiger partial charge in [-0.1, -0.05) is 60.7 Å². The van der Waals surface area contributed by atoms with Crippen LogP contribution in [-0.2, 0) is 35.6 Å². The van der Waals surface area contributed by atoms with Crippen molar-refractivity contribution in [2.24, 2.45) is 5.73 Å². The number of hydrogen-bond donors (Lipinski definition) is 1. The first kappa shape index (κ1) is 35.6. The number of rotatable bonds is 11. The number of nitriles is 1. The summed E-state index contributed by atoms with van der Waals surface area (Å²) < 4.78 is 12.4. The molecule has 2 saturated heterocycles. The lowest BCUT2D eigenvalue weighted by Gasteiger charge is -2.39.